The number of fused-ring (bicyclic) bond motifs is 1. The van der Waals surface area contributed by atoms with E-state index in [9.17, 15) is 31.5 Å². The minimum atomic E-state index is -4.88. The fraction of sp³-hybridized carbons (Fsp3) is 0.121. The molecule has 1 heterocycles. The molecule has 11 heteroatoms. The quantitative estimate of drug-likeness (QED) is 0.163. The zero-order valence-electron chi connectivity index (χ0n) is 23.5. The summed E-state index contributed by atoms with van der Waals surface area (Å²) >= 11 is 0. The van der Waals surface area contributed by atoms with Crippen molar-refractivity contribution in [3.8, 4) is 28.0 Å². The van der Waals surface area contributed by atoms with Crippen LogP contribution in [-0.4, -0.2) is 43.2 Å². The molecule has 0 bridgehead atoms. The van der Waals surface area contributed by atoms with E-state index in [1.165, 1.54) is 28.6 Å². The van der Waals surface area contributed by atoms with E-state index >= 15 is 0 Å². The van der Waals surface area contributed by atoms with Gasteiger partial charge < -0.3 is 14.4 Å². The van der Waals surface area contributed by atoms with Gasteiger partial charge in [0.2, 0.25) is 10.0 Å². The molecule has 1 aromatic heterocycles. The van der Waals surface area contributed by atoms with Gasteiger partial charge >= 0.3 is 12.3 Å². The fourth-order valence-corrected chi connectivity index (χ4v) is 6.10. The highest BCUT2D eigenvalue weighted by molar-refractivity contribution is 7.92. The third-order valence-corrected chi connectivity index (χ3v) is 8.13. The number of nitrogens with zero attached hydrogens (tertiary/aromatic N) is 2. The number of aromatic carboxylic acids is 1. The average molecular weight is 621 g/mol. The van der Waals surface area contributed by atoms with Crippen LogP contribution in [0.5, 0.6) is 5.75 Å². The van der Waals surface area contributed by atoms with E-state index in [0.29, 0.717) is 44.4 Å². The lowest BCUT2D eigenvalue weighted by Gasteiger charge is -2.21. The Morgan fingerprint density at radius 1 is 0.932 bits per heavy atom. The van der Waals surface area contributed by atoms with Crippen molar-refractivity contribution in [2.45, 2.75) is 12.9 Å². The van der Waals surface area contributed by atoms with Crippen LogP contribution >= 0.6 is 0 Å². The van der Waals surface area contributed by atoms with Crippen molar-refractivity contribution in [1.29, 1.82) is 0 Å². The Bertz CT molecular complexity index is 1970. The highest BCUT2D eigenvalue weighted by atomic mass is 32.2. The fourth-order valence-electron chi connectivity index (χ4n) is 5.23. The first-order valence-corrected chi connectivity index (χ1v) is 15.2. The number of anilines is 1. The number of carbonyl (C=O) groups is 1. The molecule has 44 heavy (non-hydrogen) atoms. The highest BCUT2D eigenvalue weighted by Gasteiger charge is 2.31. The molecule has 5 aromatic rings. The third kappa shape index (κ3) is 6.47. The first kappa shape index (κ1) is 30.4. The maximum Gasteiger partial charge on any atom is 0.573 e. The smallest absolute Gasteiger partial charge is 0.477 e. The number of sulfonamides is 1. The molecular formula is C33H27F3N2O5S. The van der Waals surface area contributed by atoms with Crippen LogP contribution in [-0.2, 0) is 16.6 Å². The minimum Gasteiger partial charge on any atom is -0.477 e. The Hall–Kier alpha value is -5.03. The largest absolute Gasteiger partial charge is 0.573 e. The molecule has 0 aliphatic carbocycles. The summed E-state index contributed by atoms with van der Waals surface area (Å²) in [5.74, 6) is -1.63. The van der Waals surface area contributed by atoms with Crippen LogP contribution < -0.4 is 9.04 Å². The van der Waals surface area contributed by atoms with Crippen molar-refractivity contribution in [3.63, 3.8) is 0 Å². The molecule has 0 spiro atoms. The van der Waals surface area contributed by atoms with Gasteiger partial charge in [-0.2, -0.15) is 0 Å². The molecule has 1 N–H and O–H groups in total. The van der Waals surface area contributed by atoms with Gasteiger partial charge in [-0.3, -0.25) is 4.31 Å². The molecule has 4 aromatic carbocycles. The van der Waals surface area contributed by atoms with Gasteiger partial charge in [-0.1, -0.05) is 72.8 Å². The molecule has 0 amide bonds. The van der Waals surface area contributed by atoms with Gasteiger partial charge in [0.25, 0.3) is 0 Å². The Morgan fingerprint density at radius 3 is 2.27 bits per heavy atom. The Labute approximate surface area is 252 Å². The predicted octanol–water partition coefficient (Wildman–Crippen LogP) is 7.57. The summed E-state index contributed by atoms with van der Waals surface area (Å²) < 4.78 is 70.5. The molecule has 0 aliphatic heterocycles. The number of aromatic nitrogens is 1. The number of hydrogen-bond acceptors (Lipinski definition) is 4. The van der Waals surface area contributed by atoms with Gasteiger partial charge in [-0.15, -0.1) is 19.8 Å². The summed E-state index contributed by atoms with van der Waals surface area (Å²) in [5, 5.41) is 11.1. The third-order valence-electron chi connectivity index (χ3n) is 6.97. The van der Waals surface area contributed by atoms with Crippen molar-refractivity contribution in [3.05, 3.63) is 121 Å². The van der Waals surface area contributed by atoms with Gasteiger partial charge in [-0.25, -0.2) is 13.2 Å². The van der Waals surface area contributed by atoms with E-state index in [0.717, 1.165) is 6.26 Å². The molecule has 7 nitrogen and oxygen atoms in total. The van der Waals surface area contributed by atoms with Crippen LogP contribution in [0.2, 0.25) is 0 Å². The molecule has 0 fully saturated rings. The number of carboxylic acids is 1. The zero-order chi connectivity index (χ0) is 31.6. The Kier molecular flexibility index (Phi) is 8.25. The predicted molar refractivity (Wildman–Crippen MR) is 164 cm³/mol. The van der Waals surface area contributed by atoms with Crippen molar-refractivity contribution in [1.82, 2.24) is 4.57 Å². The van der Waals surface area contributed by atoms with Gasteiger partial charge in [0, 0.05) is 17.5 Å². The second-order valence-electron chi connectivity index (χ2n) is 10.0. The summed E-state index contributed by atoms with van der Waals surface area (Å²) in [4.78, 5) is 12.8. The minimum absolute atomic E-state index is 0.0338. The standard InChI is InChI=1S/C33H27F3N2O5S/c1-3-17-38(44(2,41)42)26-13-8-12-24(19-26)25-15-16-28-29(20-25)37(21-22-9-7-14-27(18-22)43-33(34,35)36)31(32(39)40)30(28)23-10-5-4-6-11-23/h3-16,18-20H,1,17,21H2,2H3,(H,39,40). The van der Waals surface area contributed by atoms with Crippen LogP contribution in [0.3, 0.4) is 0 Å². The molecule has 226 valence electrons. The average Bonchev–Trinajstić information content (AvgIpc) is 3.28. The van der Waals surface area contributed by atoms with Crippen LogP contribution in [0.1, 0.15) is 16.1 Å². The van der Waals surface area contributed by atoms with E-state index in [-0.39, 0.29) is 18.8 Å². The van der Waals surface area contributed by atoms with E-state index < -0.39 is 28.1 Å². The topological polar surface area (TPSA) is 88.8 Å². The van der Waals surface area contributed by atoms with E-state index in [4.69, 9.17) is 0 Å². The lowest BCUT2D eigenvalue weighted by Crippen LogP contribution is -2.29. The summed E-state index contributed by atoms with van der Waals surface area (Å²) in [5.41, 5.74) is 3.79. The summed E-state index contributed by atoms with van der Waals surface area (Å²) in [6, 6.07) is 26.7. The SMILES string of the molecule is C=CCN(c1cccc(-c2ccc3c(-c4ccccc4)c(C(=O)O)n(Cc4cccc(OC(F)(F)F)c4)c3c2)c1)S(C)(=O)=O. The van der Waals surface area contributed by atoms with Crippen LogP contribution in [0.25, 0.3) is 33.2 Å². The summed E-state index contributed by atoms with van der Waals surface area (Å²) in [7, 11) is -3.60. The second-order valence-corrected chi connectivity index (χ2v) is 11.9. The van der Waals surface area contributed by atoms with E-state index in [2.05, 4.69) is 11.3 Å². The van der Waals surface area contributed by atoms with Gasteiger partial charge in [-0.05, 0) is 52.6 Å². The van der Waals surface area contributed by atoms with Crippen LogP contribution in [0.4, 0.5) is 18.9 Å². The summed E-state index contributed by atoms with van der Waals surface area (Å²) in [6.45, 7) is 3.66. The van der Waals surface area contributed by atoms with E-state index in [1.54, 1.807) is 71.3 Å². The van der Waals surface area contributed by atoms with Crippen molar-refractivity contribution >= 4 is 32.6 Å². The first-order chi connectivity index (χ1) is 20.9. The lowest BCUT2D eigenvalue weighted by molar-refractivity contribution is -0.274. The first-order valence-electron chi connectivity index (χ1n) is 13.3. The maximum atomic E-state index is 12.9. The van der Waals surface area contributed by atoms with E-state index in [1.807, 2.05) is 12.1 Å². The molecule has 0 aliphatic rings. The molecule has 0 saturated carbocycles. The van der Waals surface area contributed by atoms with Crippen LogP contribution in [0.15, 0.2) is 110 Å². The molecule has 5 rings (SSSR count). The van der Waals surface area contributed by atoms with Crippen LogP contribution in [0, 0.1) is 0 Å². The zero-order valence-corrected chi connectivity index (χ0v) is 24.3. The maximum absolute atomic E-state index is 12.9. The van der Waals surface area contributed by atoms with Gasteiger partial charge in [0.1, 0.15) is 11.4 Å². The number of alkyl halides is 3. The number of benzene rings is 4. The Balaban J connectivity index is 1.71. The van der Waals surface area contributed by atoms with Crippen molar-refractivity contribution in [2.24, 2.45) is 0 Å². The molecule has 0 atom stereocenters. The monoisotopic (exact) mass is 620 g/mol. The van der Waals surface area contributed by atoms with Crippen molar-refractivity contribution < 1.29 is 36.2 Å². The van der Waals surface area contributed by atoms with Gasteiger partial charge in [0.15, 0.2) is 0 Å². The highest BCUT2D eigenvalue weighted by Crippen LogP contribution is 2.38. The van der Waals surface area contributed by atoms with Gasteiger partial charge in [0.05, 0.1) is 24.0 Å². The number of halogens is 3. The normalized spacial score (nSPS) is 11.8. The summed E-state index contributed by atoms with van der Waals surface area (Å²) in [6.07, 6.45) is -2.29. The molecular weight excluding hydrogens is 593 g/mol. The molecule has 0 unspecified atom stereocenters. The number of hydrogen-bond donors (Lipinski definition) is 1. The molecule has 0 radical (unpaired) electrons. The Morgan fingerprint density at radius 2 is 1.61 bits per heavy atom. The second kappa shape index (κ2) is 11.9. The lowest BCUT2D eigenvalue weighted by atomic mass is 9.99. The number of carboxylic acid groups (broad SMARTS) is 1. The molecule has 0 saturated heterocycles. The van der Waals surface area contributed by atoms with Crippen molar-refractivity contribution in [2.75, 3.05) is 17.1 Å². The number of ether oxygens (including phenoxy) is 1. The number of rotatable bonds is 10.